The number of nitrogens with two attached hydrogens (primary N) is 1. The first kappa shape index (κ1) is 34.4. The summed E-state index contributed by atoms with van der Waals surface area (Å²) >= 11 is 0. The van der Waals surface area contributed by atoms with Gasteiger partial charge in [-0.1, -0.05) is 0 Å². The Hall–Kier alpha value is -4.09. The zero-order valence-corrected chi connectivity index (χ0v) is 24.1. The molecule has 1 aliphatic rings. The van der Waals surface area contributed by atoms with Gasteiger partial charge in [-0.05, 0) is 18.2 Å². The second kappa shape index (κ2) is 13.7. The van der Waals surface area contributed by atoms with E-state index in [9.17, 15) is 31.5 Å². The van der Waals surface area contributed by atoms with Gasteiger partial charge in [0.25, 0.3) is 12.3 Å². The number of halogens is 8. The molecule has 4 heterocycles. The van der Waals surface area contributed by atoms with E-state index in [0.29, 0.717) is 4.68 Å². The molecule has 1 aliphatic heterocycles. The summed E-state index contributed by atoms with van der Waals surface area (Å²) in [5.74, 6) is -1.57. The van der Waals surface area contributed by atoms with E-state index in [-0.39, 0.29) is 91.9 Å². The van der Waals surface area contributed by atoms with Crippen molar-refractivity contribution >= 4 is 53.8 Å². The first-order valence-electron chi connectivity index (χ1n) is 12.5. The molecule has 0 unspecified atom stereocenters. The van der Waals surface area contributed by atoms with Crippen molar-refractivity contribution in [3.8, 4) is 11.3 Å². The van der Waals surface area contributed by atoms with Gasteiger partial charge >= 0.3 is 6.18 Å². The van der Waals surface area contributed by atoms with Gasteiger partial charge in [-0.2, -0.15) is 18.3 Å². The second-order valence-corrected chi connectivity index (χ2v) is 9.31. The minimum absolute atomic E-state index is 0. The number of rotatable bonds is 7. The van der Waals surface area contributed by atoms with Crippen LogP contribution < -0.4 is 11.1 Å². The normalized spacial score (nSPS) is 13.5. The minimum atomic E-state index is -4.92. The van der Waals surface area contributed by atoms with Crippen LogP contribution in [-0.2, 0) is 17.5 Å². The molecule has 5 rings (SSSR count). The summed E-state index contributed by atoms with van der Waals surface area (Å²) in [6.07, 6.45) is -3.26. The Kier molecular flexibility index (Phi) is 10.7. The minimum Gasteiger partial charge on any atom is -0.338 e. The molecule has 0 saturated carbocycles. The Balaban J connectivity index is 0.00000264. The summed E-state index contributed by atoms with van der Waals surface area (Å²) in [4.78, 5) is 35.9. The monoisotopic (exact) mass is 667 g/mol. The molecule has 44 heavy (non-hydrogen) atoms. The average molecular weight is 668 g/mol. The lowest BCUT2D eigenvalue weighted by molar-refractivity contribution is -0.141. The molecular weight excluding hydrogens is 643 g/mol. The molecule has 1 saturated heterocycles. The molecular formula is C25H25Cl2F6N9O2. The first-order chi connectivity index (χ1) is 20.0. The summed E-state index contributed by atoms with van der Waals surface area (Å²) in [6.45, 7) is -0.169. The molecule has 238 valence electrons. The molecule has 1 aromatic carbocycles. The number of nitrogens with zero attached hydrogens (tertiary/aromatic N) is 7. The molecule has 0 radical (unpaired) electrons. The maximum Gasteiger partial charge on any atom is 0.435 e. The first-order valence-corrected chi connectivity index (χ1v) is 12.5. The fraction of sp³-hybridized carbons (Fsp3) is 0.320. The number of alkyl halides is 5. The summed E-state index contributed by atoms with van der Waals surface area (Å²) in [7, 11) is 0. The SMILES string of the molecule is Cl.Cl.NCC(=O)N1CCN(C(=O)c2ccc(Nc3nccn4c(-c5cn(CC(F)F)nc5C(F)(F)F)cnc34)cc2F)CC1. The van der Waals surface area contributed by atoms with E-state index in [1.807, 2.05) is 0 Å². The highest BCUT2D eigenvalue weighted by atomic mass is 35.5. The molecule has 11 nitrogen and oxygen atoms in total. The highest BCUT2D eigenvalue weighted by Gasteiger charge is 2.38. The number of carbonyl (C=O) groups excluding carboxylic acids is 2. The quantitative estimate of drug-likeness (QED) is 0.287. The van der Waals surface area contributed by atoms with E-state index in [0.717, 1.165) is 18.5 Å². The lowest BCUT2D eigenvalue weighted by Crippen LogP contribution is -2.52. The van der Waals surface area contributed by atoms with E-state index in [2.05, 4.69) is 20.4 Å². The number of imidazole rings is 1. The summed E-state index contributed by atoms with van der Waals surface area (Å²) < 4.78 is 83.4. The van der Waals surface area contributed by atoms with Crippen LogP contribution in [-0.4, -0.2) is 84.9 Å². The Morgan fingerprint density at radius 1 is 1.05 bits per heavy atom. The van der Waals surface area contributed by atoms with E-state index in [1.54, 1.807) is 0 Å². The molecule has 0 bridgehead atoms. The van der Waals surface area contributed by atoms with Crippen molar-refractivity contribution in [2.45, 2.75) is 19.1 Å². The van der Waals surface area contributed by atoms with Gasteiger partial charge in [-0.15, -0.1) is 24.8 Å². The largest absolute Gasteiger partial charge is 0.435 e. The number of aromatic nitrogens is 5. The van der Waals surface area contributed by atoms with Crippen molar-refractivity contribution in [1.29, 1.82) is 0 Å². The fourth-order valence-corrected chi connectivity index (χ4v) is 4.62. The van der Waals surface area contributed by atoms with Crippen LogP contribution in [0.15, 0.2) is 43.0 Å². The van der Waals surface area contributed by atoms with Crippen LogP contribution in [0, 0.1) is 5.82 Å². The van der Waals surface area contributed by atoms with Gasteiger partial charge in [-0.25, -0.2) is 23.1 Å². The Bertz CT molecular complexity index is 1640. The van der Waals surface area contributed by atoms with Crippen molar-refractivity contribution in [1.82, 2.24) is 33.9 Å². The number of fused-ring (bicyclic) bond motifs is 1. The summed E-state index contributed by atoms with van der Waals surface area (Å²) in [6, 6.07) is 3.77. The molecule has 3 aromatic heterocycles. The molecule has 0 atom stereocenters. The Morgan fingerprint density at radius 2 is 1.73 bits per heavy atom. The number of amides is 2. The maximum atomic E-state index is 15.0. The van der Waals surface area contributed by atoms with Gasteiger partial charge in [0.2, 0.25) is 5.91 Å². The van der Waals surface area contributed by atoms with Crippen molar-refractivity contribution in [2.75, 3.05) is 38.0 Å². The van der Waals surface area contributed by atoms with Gasteiger partial charge in [0, 0.05) is 50.5 Å². The molecule has 2 amide bonds. The molecule has 1 fully saturated rings. The van der Waals surface area contributed by atoms with E-state index in [4.69, 9.17) is 5.73 Å². The number of hydrogen-bond donors (Lipinski definition) is 2. The lowest BCUT2D eigenvalue weighted by atomic mass is 10.1. The summed E-state index contributed by atoms with van der Waals surface area (Å²) in [5, 5.41) is 6.14. The molecule has 3 N–H and O–H groups in total. The number of carbonyl (C=O) groups is 2. The predicted octanol–water partition coefficient (Wildman–Crippen LogP) is 3.85. The number of piperazine rings is 1. The van der Waals surface area contributed by atoms with Crippen molar-refractivity contribution in [2.24, 2.45) is 5.73 Å². The third kappa shape index (κ3) is 7.00. The van der Waals surface area contributed by atoms with Gasteiger partial charge in [0.05, 0.1) is 29.6 Å². The van der Waals surface area contributed by atoms with Gasteiger partial charge in [0.1, 0.15) is 12.4 Å². The van der Waals surface area contributed by atoms with E-state index in [1.165, 1.54) is 38.7 Å². The van der Waals surface area contributed by atoms with E-state index < -0.39 is 42.1 Å². The summed E-state index contributed by atoms with van der Waals surface area (Å²) in [5.41, 5.74) is 3.52. The topological polar surface area (TPSA) is 127 Å². The van der Waals surface area contributed by atoms with Crippen molar-refractivity contribution in [3.63, 3.8) is 0 Å². The number of nitrogens with one attached hydrogen (secondary N) is 1. The van der Waals surface area contributed by atoms with Crippen LogP contribution in [0.2, 0.25) is 0 Å². The zero-order chi connectivity index (χ0) is 30.2. The molecule has 4 aromatic rings. The van der Waals surface area contributed by atoms with E-state index >= 15 is 4.39 Å². The van der Waals surface area contributed by atoms with Crippen molar-refractivity contribution in [3.05, 3.63) is 60.1 Å². The van der Waals surface area contributed by atoms with Crippen molar-refractivity contribution < 1.29 is 35.9 Å². The molecule has 0 spiro atoms. The van der Waals surface area contributed by atoms with Gasteiger partial charge < -0.3 is 20.9 Å². The third-order valence-electron chi connectivity index (χ3n) is 6.62. The maximum absolute atomic E-state index is 15.0. The molecule has 0 aliphatic carbocycles. The van der Waals surface area contributed by atoms with Crippen LogP contribution in [0.25, 0.3) is 16.9 Å². The Morgan fingerprint density at radius 3 is 2.34 bits per heavy atom. The molecule has 19 heteroatoms. The number of hydrogen-bond acceptors (Lipinski definition) is 7. The highest BCUT2D eigenvalue weighted by Crippen LogP contribution is 2.37. The average Bonchev–Trinajstić information content (AvgIpc) is 3.57. The zero-order valence-electron chi connectivity index (χ0n) is 22.5. The lowest BCUT2D eigenvalue weighted by Gasteiger charge is -2.34. The number of anilines is 2. The Labute approximate surface area is 257 Å². The third-order valence-corrected chi connectivity index (χ3v) is 6.62. The highest BCUT2D eigenvalue weighted by molar-refractivity contribution is 5.95. The predicted molar refractivity (Wildman–Crippen MR) is 151 cm³/mol. The number of benzene rings is 1. The van der Waals surface area contributed by atoms with Crippen LogP contribution in [0.4, 0.5) is 37.8 Å². The van der Waals surface area contributed by atoms with Gasteiger partial charge in [0.15, 0.2) is 17.2 Å². The second-order valence-electron chi connectivity index (χ2n) is 9.31. The standard InChI is InChI=1S/C25H23F6N9O2.2ClH/c26-17-9-14(1-2-15(17)24(42)38-7-5-37(6-8-38)20(41)10-32)35-22-23-34-11-18(40(23)4-3-33-22)16-12-39(13-19(27)28)36-21(16)25(29,30)31;;/h1-4,9,11-12,19H,5-8,10,13,32H2,(H,33,35);2*1H. The smallest absolute Gasteiger partial charge is 0.338 e. The van der Waals surface area contributed by atoms with Crippen LogP contribution >= 0.6 is 24.8 Å². The van der Waals surface area contributed by atoms with Gasteiger partial charge in [-0.3, -0.25) is 18.7 Å². The fourth-order valence-electron chi connectivity index (χ4n) is 4.62. The van der Waals surface area contributed by atoms with Crippen LogP contribution in [0.5, 0.6) is 0 Å². The van der Waals surface area contributed by atoms with Crippen LogP contribution in [0.1, 0.15) is 16.1 Å². The van der Waals surface area contributed by atoms with Crippen LogP contribution in [0.3, 0.4) is 0 Å².